The zero-order valence-corrected chi connectivity index (χ0v) is 11.9. The van der Waals surface area contributed by atoms with E-state index in [9.17, 15) is 8.42 Å². The highest BCUT2D eigenvalue weighted by molar-refractivity contribution is 7.89. The normalized spacial score (nSPS) is 15.4. The number of nitrogens with one attached hydrogen (secondary N) is 2. The molecule has 1 aliphatic carbocycles. The Labute approximate surface area is 114 Å². The molecular formula is C12H20N4O2S. The van der Waals surface area contributed by atoms with Crippen molar-refractivity contribution >= 4 is 16.0 Å². The highest BCUT2D eigenvalue weighted by Crippen LogP contribution is 2.31. The molecule has 0 spiro atoms. The molecule has 7 heteroatoms. The number of hydrogen-bond donors (Lipinski definition) is 2. The van der Waals surface area contributed by atoms with E-state index in [-0.39, 0.29) is 4.90 Å². The van der Waals surface area contributed by atoms with E-state index in [0.29, 0.717) is 18.4 Å². The minimum atomic E-state index is -3.47. The molecule has 1 saturated carbocycles. The van der Waals surface area contributed by atoms with Crippen LogP contribution in [0.15, 0.2) is 17.3 Å². The maximum absolute atomic E-state index is 11.9. The number of nitrogens with zero attached hydrogens (tertiary/aromatic N) is 2. The van der Waals surface area contributed by atoms with Gasteiger partial charge in [-0.25, -0.2) is 23.1 Å². The molecule has 1 aromatic rings. The van der Waals surface area contributed by atoms with Crippen LogP contribution in [0.4, 0.5) is 5.95 Å². The van der Waals surface area contributed by atoms with Crippen molar-refractivity contribution in [2.75, 3.05) is 18.4 Å². The van der Waals surface area contributed by atoms with E-state index in [0.717, 1.165) is 19.4 Å². The van der Waals surface area contributed by atoms with Crippen molar-refractivity contribution < 1.29 is 8.42 Å². The largest absolute Gasteiger partial charge is 0.354 e. The van der Waals surface area contributed by atoms with Gasteiger partial charge in [0.05, 0.1) is 12.4 Å². The topological polar surface area (TPSA) is 84.0 Å². The lowest BCUT2D eigenvalue weighted by Crippen LogP contribution is -2.25. The second-order valence-electron chi connectivity index (χ2n) is 4.80. The molecule has 0 unspecified atom stereocenters. The van der Waals surface area contributed by atoms with Gasteiger partial charge in [0.15, 0.2) is 0 Å². The van der Waals surface area contributed by atoms with E-state index < -0.39 is 10.0 Å². The van der Waals surface area contributed by atoms with Crippen LogP contribution in [0.3, 0.4) is 0 Å². The van der Waals surface area contributed by atoms with Crippen molar-refractivity contribution in [3.8, 4) is 0 Å². The van der Waals surface area contributed by atoms with Gasteiger partial charge in [-0.05, 0) is 18.8 Å². The van der Waals surface area contributed by atoms with E-state index in [1.165, 1.54) is 25.2 Å². The SMILES string of the molecule is CCCNc1ncc(S(=O)(=O)NCCC2CC2)cn1. The first-order valence-corrected chi connectivity index (χ1v) is 8.15. The summed E-state index contributed by atoms with van der Waals surface area (Å²) in [6, 6.07) is 0. The highest BCUT2D eigenvalue weighted by Gasteiger charge is 2.22. The van der Waals surface area contributed by atoms with Crippen molar-refractivity contribution in [3.05, 3.63) is 12.4 Å². The van der Waals surface area contributed by atoms with Gasteiger partial charge in [0.2, 0.25) is 16.0 Å². The summed E-state index contributed by atoms with van der Waals surface area (Å²) in [5, 5.41) is 3.00. The first kappa shape index (κ1) is 14.2. The Morgan fingerprint density at radius 1 is 1.26 bits per heavy atom. The molecule has 1 fully saturated rings. The summed E-state index contributed by atoms with van der Waals surface area (Å²) in [5.41, 5.74) is 0. The molecule has 0 aliphatic heterocycles. The first-order valence-electron chi connectivity index (χ1n) is 6.67. The van der Waals surface area contributed by atoms with E-state index in [1.54, 1.807) is 0 Å². The lowest BCUT2D eigenvalue weighted by molar-refractivity contribution is 0.574. The molecular weight excluding hydrogens is 264 g/mol. The van der Waals surface area contributed by atoms with Gasteiger partial charge in [-0.2, -0.15) is 0 Å². The fourth-order valence-corrected chi connectivity index (χ4v) is 2.61. The summed E-state index contributed by atoms with van der Waals surface area (Å²) in [6.45, 7) is 3.30. The first-order chi connectivity index (χ1) is 9.12. The molecule has 1 aliphatic rings. The average molecular weight is 284 g/mol. The Kier molecular flexibility index (Phi) is 4.71. The van der Waals surface area contributed by atoms with Crippen molar-refractivity contribution in [2.45, 2.75) is 37.5 Å². The highest BCUT2D eigenvalue weighted by atomic mass is 32.2. The molecule has 0 saturated heterocycles. The monoisotopic (exact) mass is 284 g/mol. The van der Waals surface area contributed by atoms with Crippen molar-refractivity contribution in [1.29, 1.82) is 0 Å². The van der Waals surface area contributed by atoms with E-state index >= 15 is 0 Å². The maximum atomic E-state index is 11.9. The van der Waals surface area contributed by atoms with Crippen LogP contribution in [0.1, 0.15) is 32.6 Å². The van der Waals surface area contributed by atoms with Gasteiger partial charge in [0.25, 0.3) is 0 Å². The van der Waals surface area contributed by atoms with E-state index in [1.807, 2.05) is 6.92 Å². The van der Waals surface area contributed by atoms with Crippen molar-refractivity contribution in [3.63, 3.8) is 0 Å². The van der Waals surface area contributed by atoms with Gasteiger partial charge in [0, 0.05) is 13.1 Å². The van der Waals surface area contributed by atoms with Crippen LogP contribution in [0, 0.1) is 5.92 Å². The quantitative estimate of drug-likeness (QED) is 0.753. The van der Waals surface area contributed by atoms with Gasteiger partial charge in [-0.15, -0.1) is 0 Å². The van der Waals surface area contributed by atoms with Gasteiger partial charge < -0.3 is 5.32 Å². The molecule has 0 radical (unpaired) electrons. The Hall–Kier alpha value is -1.21. The molecule has 106 valence electrons. The minimum absolute atomic E-state index is 0.116. The molecule has 0 bridgehead atoms. The van der Waals surface area contributed by atoms with Crippen LogP contribution in [0.5, 0.6) is 0 Å². The maximum Gasteiger partial charge on any atom is 0.243 e. The Morgan fingerprint density at radius 3 is 2.53 bits per heavy atom. The van der Waals surface area contributed by atoms with Gasteiger partial charge in [-0.3, -0.25) is 0 Å². The second kappa shape index (κ2) is 6.29. The van der Waals surface area contributed by atoms with Crippen molar-refractivity contribution in [2.24, 2.45) is 5.92 Å². The summed E-state index contributed by atoms with van der Waals surface area (Å²) in [5.74, 6) is 1.17. The summed E-state index contributed by atoms with van der Waals surface area (Å²) in [7, 11) is -3.47. The van der Waals surface area contributed by atoms with Crippen LogP contribution in [0.2, 0.25) is 0 Å². The molecule has 1 aromatic heterocycles. The van der Waals surface area contributed by atoms with Crippen molar-refractivity contribution in [1.82, 2.24) is 14.7 Å². The van der Waals surface area contributed by atoms with Crippen LogP contribution in [0.25, 0.3) is 0 Å². The van der Waals surface area contributed by atoms with E-state index in [2.05, 4.69) is 20.0 Å². The van der Waals surface area contributed by atoms with Crippen LogP contribution < -0.4 is 10.0 Å². The number of anilines is 1. The lowest BCUT2D eigenvalue weighted by Gasteiger charge is -2.07. The summed E-state index contributed by atoms with van der Waals surface area (Å²) in [6.07, 6.45) is 7.00. The van der Waals surface area contributed by atoms with Gasteiger partial charge >= 0.3 is 0 Å². The standard InChI is InChI=1S/C12H20N4O2S/c1-2-6-13-12-14-8-11(9-15-12)19(17,18)16-7-5-10-3-4-10/h8-10,16H,2-7H2,1H3,(H,13,14,15). The number of rotatable bonds is 8. The Balaban J connectivity index is 1.90. The average Bonchev–Trinajstić information content (AvgIpc) is 3.21. The third-order valence-electron chi connectivity index (χ3n) is 3.01. The third kappa shape index (κ3) is 4.43. The summed E-state index contributed by atoms with van der Waals surface area (Å²) in [4.78, 5) is 8.11. The molecule has 6 nitrogen and oxygen atoms in total. The lowest BCUT2D eigenvalue weighted by atomic mass is 10.3. The molecule has 0 aromatic carbocycles. The zero-order valence-electron chi connectivity index (χ0n) is 11.1. The molecule has 0 atom stereocenters. The molecule has 1 heterocycles. The number of sulfonamides is 1. The zero-order chi connectivity index (χ0) is 13.7. The fraction of sp³-hybridized carbons (Fsp3) is 0.667. The predicted molar refractivity (Wildman–Crippen MR) is 73.3 cm³/mol. The summed E-state index contributed by atoms with van der Waals surface area (Å²) < 4.78 is 26.5. The minimum Gasteiger partial charge on any atom is -0.354 e. The van der Waals surface area contributed by atoms with Crippen LogP contribution in [-0.4, -0.2) is 31.5 Å². The molecule has 2 rings (SSSR count). The number of aromatic nitrogens is 2. The van der Waals surface area contributed by atoms with Crippen LogP contribution >= 0.6 is 0 Å². The fourth-order valence-electron chi connectivity index (χ4n) is 1.67. The predicted octanol–water partition coefficient (Wildman–Crippen LogP) is 1.38. The molecule has 0 amide bonds. The Morgan fingerprint density at radius 2 is 1.95 bits per heavy atom. The summed E-state index contributed by atoms with van der Waals surface area (Å²) >= 11 is 0. The smallest absolute Gasteiger partial charge is 0.243 e. The Bertz CT molecular complexity index is 497. The van der Waals surface area contributed by atoms with E-state index in [4.69, 9.17) is 0 Å². The molecule has 19 heavy (non-hydrogen) atoms. The van der Waals surface area contributed by atoms with Gasteiger partial charge in [-0.1, -0.05) is 19.8 Å². The van der Waals surface area contributed by atoms with Crippen LogP contribution in [-0.2, 0) is 10.0 Å². The second-order valence-corrected chi connectivity index (χ2v) is 6.57. The molecule has 2 N–H and O–H groups in total. The third-order valence-corrected chi connectivity index (χ3v) is 4.43. The number of hydrogen-bond acceptors (Lipinski definition) is 5. The van der Waals surface area contributed by atoms with Gasteiger partial charge in [0.1, 0.15) is 4.90 Å².